The molecule has 0 N–H and O–H groups in total. The molecule has 0 saturated carbocycles. The number of rotatable bonds is 4. The average molecular weight is 390 g/mol. The van der Waals surface area contributed by atoms with Gasteiger partial charge in [0.25, 0.3) is 5.69 Å². The zero-order valence-electron chi connectivity index (χ0n) is 12.0. The zero-order valence-corrected chi connectivity index (χ0v) is 13.6. The summed E-state index contributed by atoms with van der Waals surface area (Å²) in [4.78, 5) is 21.9. The van der Waals surface area contributed by atoms with Crippen LogP contribution in [0.2, 0.25) is 0 Å². The van der Waals surface area contributed by atoms with Gasteiger partial charge in [-0.05, 0) is 28.1 Å². The second-order valence-electron chi connectivity index (χ2n) is 4.84. The van der Waals surface area contributed by atoms with Crippen LogP contribution in [0.3, 0.4) is 0 Å². The van der Waals surface area contributed by atoms with Gasteiger partial charge in [-0.3, -0.25) is 14.9 Å². The maximum absolute atomic E-state index is 14.0. The summed E-state index contributed by atoms with van der Waals surface area (Å²) in [5.74, 6) is -0.510. The van der Waals surface area contributed by atoms with Gasteiger partial charge in [0.15, 0.2) is 6.29 Å². The zero-order chi connectivity index (χ0) is 17.3. The van der Waals surface area contributed by atoms with Crippen LogP contribution in [0, 0.1) is 15.9 Å². The molecule has 0 fully saturated rings. The minimum atomic E-state index is -0.535. The van der Waals surface area contributed by atoms with E-state index in [-0.39, 0.29) is 27.2 Å². The number of para-hydroxylation sites is 1. The normalized spacial score (nSPS) is 10.6. The second-order valence-corrected chi connectivity index (χ2v) is 5.59. The number of hydrogen-bond donors (Lipinski definition) is 0. The summed E-state index contributed by atoms with van der Waals surface area (Å²) in [6.45, 7) is 0. The molecular formula is C16H9BrFN3O3. The molecule has 0 aliphatic heterocycles. The number of aromatic nitrogens is 2. The topological polar surface area (TPSA) is 78.0 Å². The fourth-order valence-corrected chi connectivity index (χ4v) is 2.83. The van der Waals surface area contributed by atoms with E-state index >= 15 is 0 Å². The molecule has 8 heteroatoms. The Bertz CT molecular complexity index is 955. The minimum Gasteiger partial charge on any atom is -0.298 e. The van der Waals surface area contributed by atoms with Crippen LogP contribution >= 0.6 is 15.9 Å². The largest absolute Gasteiger partial charge is 0.298 e. The highest BCUT2D eigenvalue weighted by molar-refractivity contribution is 9.10. The van der Waals surface area contributed by atoms with Crippen LogP contribution in [0.1, 0.15) is 10.4 Å². The first kappa shape index (κ1) is 16.0. The van der Waals surface area contributed by atoms with E-state index in [0.717, 1.165) is 0 Å². The number of carbonyl (C=O) groups is 1. The molecule has 0 bridgehead atoms. The molecule has 2 aromatic carbocycles. The van der Waals surface area contributed by atoms with E-state index in [1.165, 1.54) is 35.0 Å². The first-order valence-corrected chi connectivity index (χ1v) is 7.55. The van der Waals surface area contributed by atoms with Gasteiger partial charge >= 0.3 is 0 Å². The van der Waals surface area contributed by atoms with E-state index in [1.807, 2.05) is 0 Å². The third-order valence-corrected chi connectivity index (χ3v) is 4.16. The lowest BCUT2D eigenvalue weighted by Crippen LogP contribution is -2.00. The molecule has 0 radical (unpaired) electrons. The molecule has 1 aromatic heterocycles. The third kappa shape index (κ3) is 2.71. The van der Waals surface area contributed by atoms with Crippen LogP contribution in [0.4, 0.5) is 10.1 Å². The van der Waals surface area contributed by atoms with Gasteiger partial charge in [-0.2, -0.15) is 5.10 Å². The average Bonchev–Trinajstić information content (AvgIpc) is 2.92. The smallest absolute Gasteiger partial charge is 0.270 e. The second kappa shape index (κ2) is 6.32. The molecule has 0 saturated heterocycles. The van der Waals surface area contributed by atoms with E-state index < -0.39 is 10.7 Å². The number of nitrogens with zero attached hydrogens (tertiary/aromatic N) is 3. The molecule has 1 heterocycles. The first-order valence-electron chi connectivity index (χ1n) is 6.76. The van der Waals surface area contributed by atoms with Crippen molar-refractivity contribution in [1.29, 1.82) is 0 Å². The Balaban J connectivity index is 2.22. The fourth-order valence-electron chi connectivity index (χ4n) is 2.28. The Morgan fingerprint density at radius 3 is 2.62 bits per heavy atom. The Labute approximate surface area is 143 Å². The van der Waals surface area contributed by atoms with Gasteiger partial charge < -0.3 is 0 Å². The van der Waals surface area contributed by atoms with Gasteiger partial charge in [0.05, 0.1) is 10.5 Å². The Morgan fingerprint density at radius 2 is 1.96 bits per heavy atom. The Hall–Kier alpha value is -2.87. The van der Waals surface area contributed by atoms with Crippen LogP contribution in [0.5, 0.6) is 0 Å². The number of aldehydes is 1. The summed E-state index contributed by atoms with van der Waals surface area (Å²) < 4.78 is 15.5. The predicted molar refractivity (Wildman–Crippen MR) is 88.7 cm³/mol. The molecule has 0 atom stereocenters. The summed E-state index contributed by atoms with van der Waals surface area (Å²) >= 11 is 3.25. The molecule has 0 amide bonds. The van der Waals surface area contributed by atoms with Crippen molar-refractivity contribution in [3.8, 4) is 16.9 Å². The number of non-ortho nitro benzene ring substituents is 1. The number of nitro benzene ring substituents is 1. The van der Waals surface area contributed by atoms with Crippen molar-refractivity contribution in [1.82, 2.24) is 9.78 Å². The molecule has 6 nitrogen and oxygen atoms in total. The van der Waals surface area contributed by atoms with Crippen molar-refractivity contribution >= 4 is 27.9 Å². The predicted octanol–water partition coefficient (Wildman–Crippen LogP) is 4.16. The van der Waals surface area contributed by atoms with Crippen LogP contribution in [0.15, 0.2) is 53.1 Å². The summed E-state index contributed by atoms with van der Waals surface area (Å²) in [6.07, 6.45) is 0.572. The van der Waals surface area contributed by atoms with Gasteiger partial charge in [0.1, 0.15) is 21.8 Å². The molecule has 3 aromatic rings. The molecule has 120 valence electrons. The van der Waals surface area contributed by atoms with Gasteiger partial charge in [-0.25, -0.2) is 9.07 Å². The number of benzene rings is 2. The third-order valence-electron chi connectivity index (χ3n) is 3.39. The highest BCUT2D eigenvalue weighted by atomic mass is 79.9. The van der Waals surface area contributed by atoms with Gasteiger partial charge in [-0.1, -0.05) is 24.3 Å². The maximum Gasteiger partial charge on any atom is 0.270 e. The lowest BCUT2D eigenvalue weighted by molar-refractivity contribution is -0.384. The van der Waals surface area contributed by atoms with Crippen molar-refractivity contribution in [3.63, 3.8) is 0 Å². The van der Waals surface area contributed by atoms with E-state index in [1.54, 1.807) is 18.2 Å². The maximum atomic E-state index is 14.0. The summed E-state index contributed by atoms with van der Waals surface area (Å²) in [5, 5.41) is 15.2. The Morgan fingerprint density at radius 1 is 1.21 bits per heavy atom. The van der Waals surface area contributed by atoms with Crippen LogP contribution in [0.25, 0.3) is 16.9 Å². The molecule has 0 spiro atoms. The monoisotopic (exact) mass is 389 g/mol. The number of hydrogen-bond acceptors (Lipinski definition) is 4. The number of carbonyl (C=O) groups excluding carboxylic acids is 1. The van der Waals surface area contributed by atoms with Crippen LogP contribution in [-0.4, -0.2) is 21.0 Å². The van der Waals surface area contributed by atoms with Gasteiger partial charge in [0, 0.05) is 17.7 Å². The standard InChI is InChI=1S/C16H9BrFN3O3/c17-16-12(9-22)15(10-4-3-5-11(8-10)21(23)24)19-20(16)14-7-2-1-6-13(14)18/h1-9H. The minimum absolute atomic E-state index is 0.124. The lowest BCUT2D eigenvalue weighted by Gasteiger charge is -2.04. The van der Waals surface area contributed by atoms with Crippen LogP contribution in [-0.2, 0) is 0 Å². The molecule has 24 heavy (non-hydrogen) atoms. The van der Waals surface area contributed by atoms with Crippen molar-refractivity contribution in [2.75, 3.05) is 0 Å². The van der Waals surface area contributed by atoms with Crippen LogP contribution < -0.4 is 0 Å². The van der Waals surface area contributed by atoms with Crippen molar-refractivity contribution in [3.05, 3.63) is 74.6 Å². The number of nitro groups is 1. The van der Waals surface area contributed by atoms with Crippen molar-refractivity contribution < 1.29 is 14.1 Å². The van der Waals surface area contributed by atoms with Crippen molar-refractivity contribution in [2.45, 2.75) is 0 Å². The molecule has 0 unspecified atom stereocenters. The lowest BCUT2D eigenvalue weighted by atomic mass is 10.1. The summed E-state index contributed by atoms with van der Waals surface area (Å²) in [5.41, 5.74) is 0.828. The Kier molecular flexibility index (Phi) is 4.22. The SMILES string of the molecule is O=Cc1c(-c2cccc([N+](=O)[O-])c2)nn(-c2ccccc2F)c1Br. The van der Waals surface area contributed by atoms with E-state index in [9.17, 15) is 19.3 Å². The quantitative estimate of drug-likeness (QED) is 0.381. The van der Waals surface area contributed by atoms with Gasteiger partial charge in [0.2, 0.25) is 0 Å². The van der Waals surface area contributed by atoms with E-state index in [4.69, 9.17) is 0 Å². The molecule has 0 aliphatic carbocycles. The first-order chi connectivity index (χ1) is 11.5. The fraction of sp³-hybridized carbons (Fsp3) is 0. The highest BCUT2D eigenvalue weighted by Gasteiger charge is 2.20. The van der Waals surface area contributed by atoms with E-state index in [2.05, 4.69) is 21.0 Å². The molecule has 3 rings (SSSR count). The van der Waals surface area contributed by atoms with Crippen molar-refractivity contribution in [2.24, 2.45) is 0 Å². The van der Waals surface area contributed by atoms with E-state index in [0.29, 0.717) is 11.8 Å². The highest BCUT2D eigenvalue weighted by Crippen LogP contribution is 2.32. The number of halogens is 2. The summed E-state index contributed by atoms with van der Waals surface area (Å²) in [6, 6.07) is 11.7. The molecule has 0 aliphatic rings. The summed E-state index contributed by atoms with van der Waals surface area (Å²) in [7, 11) is 0. The molecular weight excluding hydrogens is 381 g/mol. The van der Waals surface area contributed by atoms with Gasteiger partial charge in [-0.15, -0.1) is 0 Å².